The third kappa shape index (κ3) is 4.39. The second-order valence-electron chi connectivity index (χ2n) is 8.96. The molecule has 1 heteroatoms. The van der Waals surface area contributed by atoms with E-state index in [1.165, 1.54) is 55.2 Å². The second kappa shape index (κ2) is 8.50. The molecule has 3 atom stereocenters. The predicted octanol–water partition coefficient (Wildman–Crippen LogP) is 7.38. The van der Waals surface area contributed by atoms with E-state index >= 15 is 0 Å². The zero-order chi connectivity index (χ0) is 19.4. The van der Waals surface area contributed by atoms with Crippen molar-refractivity contribution in [1.82, 2.24) is 0 Å². The Bertz CT molecular complexity index is 738. The molecule has 27 heavy (non-hydrogen) atoms. The fourth-order valence-corrected chi connectivity index (χ4v) is 5.64. The molecule has 0 bridgehead atoms. The van der Waals surface area contributed by atoms with E-state index in [0.29, 0.717) is 11.2 Å². The number of phenolic OH excluding ortho intramolecular Hbond substituents is 1. The molecule has 1 aromatic carbocycles. The summed E-state index contributed by atoms with van der Waals surface area (Å²) < 4.78 is 0. The van der Waals surface area contributed by atoms with E-state index in [2.05, 4.69) is 45.6 Å². The van der Waals surface area contributed by atoms with Crippen molar-refractivity contribution in [3.05, 3.63) is 65.3 Å². The van der Waals surface area contributed by atoms with E-state index in [1.54, 1.807) is 11.6 Å². The summed E-state index contributed by atoms with van der Waals surface area (Å²) in [7, 11) is 0. The van der Waals surface area contributed by atoms with Gasteiger partial charge in [-0.25, -0.2) is 0 Å². The van der Waals surface area contributed by atoms with Crippen LogP contribution < -0.4 is 0 Å². The molecule has 3 unspecified atom stereocenters. The van der Waals surface area contributed by atoms with Crippen molar-refractivity contribution in [3.63, 3.8) is 0 Å². The Labute approximate surface area is 165 Å². The Morgan fingerprint density at radius 1 is 1.33 bits per heavy atom. The zero-order valence-electron chi connectivity index (χ0n) is 17.4. The summed E-state index contributed by atoms with van der Waals surface area (Å²) >= 11 is 0. The van der Waals surface area contributed by atoms with Gasteiger partial charge in [-0.15, -0.1) is 0 Å². The molecule has 1 aromatic rings. The number of fused-ring (bicyclic) bond motifs is 1. The van der Waals surface area contributed by atoms with E-state index < -0.39 is 0 Å². The Morgan fingerprint density at radius 2 is 2.15 bits per heavy atom. The average molecular weight is 365 g/mol. The van der Waals surface area contributed by atoms with Crippen LogP contribution in [0, 0.1) is 17.3 Å². The molecule has 1 nitrogen and oxygen atoms in total. The summed E-state index contributed by atoms with van der Waals surface area (Å²) in [6.45, 7) is 11.0. The standard InChI is InChI=1S/C26H36O/c1-5-21(19(2)3)12-13-22-9-7-17-26(4)23(15-16-25(22)26)14-11-20-8-6-10-24(27)18-20/h6,8,10,12-13,18,23,25,27H,2,5,7,9,11,14-17H2,1,3-4H3/b21-12-,22-13+. The molecule has 0 amide bonds. The summed E-state index contributed by atoms with van der Waals surface area (Å²) in [4.78, 5) is 0. The molecule has 0 heterocycles. The molecule has 1 N–H and O–H groups in total. The van der Waals surface area contributed by atoms with Gasteiger partial charge in [-0.2, -0.15) is 0 Å². The third-order valence-electron chi connectivity index (χ3n) is 7.28. The van der Waals surface area contributed by atoms with Crippen LogP contribution >= 0.6 is 0 Å². The van der Waals surface area contributed by atoms with Crippen LogP contribution in [-0.4, -0.2) is 5.11 Å². The van der Waals surface area contributed by atoms with Gasteiger partial charge in [0.2, 0.25) is 0 Å². The first kappa shape index (κ1) is 20.0. The maximum Gasteiger partial charge on any atom is 0.115 e. The third-order valence-corrected chi connectivity index (χ3v) is 7.28. The Hall–Kier alpha value is -1.76. The molecule has 0 spiro atoms. The fourth-order valence-electron chi connectivity index (χ4n) is 5.64. The molecule has 0 aliphatic heterocycles. The highest BCUT2D eigenvalue weighted by atomic mass is 16.3. The Morgan fingerprint density at radius 3 is 2.85 bits per heavy atom. The molecule has 146 valence electrons. The molecule has 3 rings (SSSR count). The van der Waals surface area contributed by atoms with Gasteiger partial charge in [0.05, 0.1) is 0 Å². The number of phenols is 1. The molecule has 2 aliphatic rings. The SMILES string of the molecule is C=C(C)/C(=C\C=C1/CCCC2(C)C(CCc3cccc(O)c3)CCC12)CC. The highest BCUT2D eigenvalue weighted by Crippen LogP contribution is 2.58. The Kier molecular flexibility index (Phi) is 6.29. The molecule has 2 fully saturated rings. The maximum atomic E-state index is 9.72. The topological polar surface area (TPSA) is 20.2 Å². The van der Waals surface area contributed by atoms with Gasteiger partial charge >= 0.3 is 0 Å². The first-order chi connectivity index (χ1) is 12.9. The summed E-state index contributed by atoms with van der Waals surface area (Å²) in [6.07, 6.45) is 14.8. The lowest BCUT2D eigenvalue weighted by atomic mass is 9.62. The maximum absolute atomic E-state index is 9.72. The first-order valence-electron chi connectivity index (χ1n) is 10.8. The normalized spacial score (nSPS) is 29.7. The van der Waals surface area contributed by atoms with Crippen molar-refractivity contribution in [2.24, 2.45) is 17.3 Å². The lowest BCUT2D eigenvalue weighted by molar-refractivity contribution is 0.129. The summed E-state index contributed by atoms with van der Waals surface area (Å²) in [6, 6.07) is 7.80. The number of aryl methyl sites for hydroxylation is 1. The van der Waals surface area contributed by atoms with Gasteiger partial charge in [0.15, 0.2) is 0 Å². The van der Waals surface area contributed by atoms with Gasteiger partial charge in [0, 0.05) is 0 Å². The van der Waals surface area contributed by atoms with E-state index in [0.717, 1.165) is 24.7 Å². The quantitative estimate of drug-likeness (QED) is 0.522. The Balaban J connectivity index is 1.72. The van der Waals surface area contributed by atoms with Crippen LogP contribution in [0.3, 0.4) is 0 Å². The minimum absolute atomic E-state index is 0.391. The van der Waals surface area contributed by atoms with Gasteiger partial charge in [0.25, 0.3) is 0 Å². The van der Waals surface area contributed by atoms with Crippen LogP contribution in [0.15, 0.2) is 59.7 Å². The van der Waals surface area contributed by atoms with Crippen molar-refractivity contribution >= 4 is 0 Å². The summed E-state index contributed by atoms with van der Waals surface area (Å²) in [5.41, 5.74) is 5.97. The van der Waals surface area contributed by atoms with Gasteiger partial charge in [-0.05, 0) is 98.8 Å². The van der Waals surface area contributed by atoms with Crippen molar-refractivity contribution in [2.45, 2.75) is 72.1 Å². The van der Waals surface area contributed by atoms with Gasteiger partial charge in [-0.3, -0.25) is 0 Å². The van der Waals surface area contributed by atoms with Crippen LogP contribution in [0.25, 0.3) is 0 Å². The van der Waals surface area contributed by atoms with E-state index in [9.17, 15) is 5.11 Å². The predicted molar refractivity (Wildman–Crippen MR) is 116 cm³/mol. The largest absolute Gasteiger partial charge is 0.508 e. The van der Waals surface area contributed by atoms with Crippen LogP contribution in [0.1, 0.15) is 71.3 Å². The van der Waals surface area contributed by atoms with Gasteiger partial charge in [0.1, 0.15) is 5.75 Å². The fraction of sp³-hybridized carbons (Fsp3) is 0.538. The van der Waals surface area contributed by atoms with Crippen molar-refractivity contribution in [1.29, 1.82) is 0 Å². The smallest absolute Gasteiger partial charge is 0.115 e. The van der Waals surface area contributed by atoms with Gasteiger partial charge in [-0.1, -0.05) is 55.9 Å². The first-order valence-corrected chi connectivity index (χ1v) is 10.8. The number of hydrogen-bond donors (Lipinski definition) is 1. The molecular formula is C26H36O. The second-order valence-corrected chi connectivity index (χ2v) is 8.96. The van der Waals surface area contributed by atoms with E-state index in [4.69, 9.17) is 0 Å². The minimum Gasteiger partial charge on any atom is -0.508 e. The molecule has 2 saturated carbocycles. The lowest BCUT2D eigenvalue weighted by Crippen LogP contribution is -2.33. The van der Waals surface area contributed by atoms with E-state index in [-0.39, 0.29) is 0 Å². The molecule has 0 aromatic heterocycles. The van der Waals surface area contributed by atoms with Crippen molar-refractivity contribution in [2.75, 3.05) is 0 Å². The van der Waals surface area contributed by atoms with Crippen LogP contribution in [-0.2, 0) is 6.42 Å². The van der Waals surface area contributed by atoms with Crippen molar-refractivity contribution in [3.8, 4) is 5.75 Å². The average Bonchev–Trinajstić information content (AvgIpc) is 2.97. The number of hydrogen-bond acceptors (Lipinski definition) is 1. The highest BCUT2D eigenvalue weighted by Gasteiger charge is 2.48. The molecular weight excluding hydrogens is 328 g/mol. The van der Waals surface area contributed by atoms with Crippen LogP contribution in [0.2, 0.25) is 0 Å². The van der Waals surface area contributed by atoms with E-state index in [1.807, 2.05) is 12.1 Å². The zero-order valence-corrected chi connectivity index (χ0v) is 17.4. The van der Waals surface area contributed by atoms with Crippen LogP contribution in [0.5, 0.6) is 5.75 Å². The summed E-state index contributed by atoms with van der Waals surface area (Å²) in [5.74, 6) is 1.94. The number of benzene rings is 1. The molecule has 0 saturated heterocycles. The van der Waals surface area contributed by atoms with Crippen molar-refractivity contribution < 1.29 is 5.11 Å². The number of allylic oxidation sites excluding steroid dienone is 5. The monoisotopic (exact) mass is 364 g/mol. The lowest BCUT2D eigenvalue weighted by Gasteiger charge is -2.42. The molecule has 0 radical (unpaired) electrons. The number of rotatable bonds is 6. The number of aromatic hydroxyl groups is 1. The highest BCUT2D eigenvalue weighted by molar-refractivity contribution is 5.33. The van der Waals surface area contributed by atoms with Gasteiger partial charge < -0.3 is 5.11 Å². The minimum atomic E-state index is 0.391. The summed E-state index contributed by atoms with van der Waals surface area (Å²) in [5, 5.41) is 9.72. The van der Waals surface area contributed by atoms with Crippen LogP contribution in [0.4, 0.5) is 0 Å². The molecule has 2 aliphatic carbocycles.